The average Bonchev–Trinajstić information content (AvgIpc) is 3.07. The number of nitrogens with one attached hydrogen (secondary N) is 1. The fourth-order valence-corrected chi connectivity index (χ4v) is 4.78. The third-order valence-electron chi connectivity index (χ3n) is 6.46. The first-order chi connectivity index (χ1) is 13.5. The van der Waals surface area contributed by atoms with E-state index in [4.69, 9.17) is 4.74 Å². The van der Waals surface area contributed by atoms with Gasteiger partial charge in [-0.2, -0.15) is 0 Å². The average molecular weight is 384 g/mol. The van der Waals surface area contributed by atoms with Crippen molar-refractivity contribution in [2.24, 2.45) is 0 Å². The van der Waals surface area contributed by atoms with Crippen LogP contribution in [-0.2, 0) is 10.2 Å². The van der Waals surface area contributed by atoms with Crippen molar-refractivity contribution in [1.82, 2.24) is 4.98 Å². The zero-order valence-electron chi connectivity index (χ0n) is 18.2. The molecule has 1 unspecified atom stereocenters. The number of hydrogen-bond donors (Lipinski definition) is 1. The smallest absolute Gasteiger partial charge is 0.338 e. The van der Waals surface area contributed by atoms with E-state index in [1.165, 1.54) is 74.4 Å². The van der Waals surface area contributed by atoms with Gasteiger partial charge >= 0.3 is 5.97 Å². The van der Waals surface area contributed by atoms with Crippen molar-refractivity contribution in [3.05, 3.63) is 35.0 Å². The molecule has 3 nitrogen and oxygen atoms in total. The fraction of sp³-hybridized carbons (Fsp3) is 0.640. The molecule has 3 rings (SSSR count). The van der Waals surface area contributed by atoms with Crippen molar-refractivity contribution in [1.29, 1.82) is 0 Å². The van der Waals surface area contributed by atoms with Crippen LogP contribution in [0.5, 0.6) is 0 Å². The molecule has 0 amide bonds. The highest BCUT2D eigenvalue weighted by atomic mass is 16.5. The molecule has 2 aromatic rings. The lowest BCUT2D eigenvalue weighted by Gasteiger charge is -2.35. The molecule has 154 valence electrons. The van der Waals surface area contributed by atoms with Gasteiger partial charge in [0.15, 0.2) is 0 Å². The van der Waals surface area contributed by atoms with E-state index < -0.39 is 0 Å². The number of aromatic amines is 1. The summed E-state index contributed by atoms with van der Waals surface area (Å²) in [7, 11) is 0. The monoisotopic (exact) mass is 383 g/mol. The van der Waals surface area contributed by atoms with Gasteiger partial charge in [-0.1, -0.05) is 65.4 Å². The van der Waals surface area contributed by atoms with Crippen LogP contribution in [0.4, 0.5) is 0 Å². The molecule has 3 heteroatoms. The third-order valence-corrected chi connectivity index (χ3v) is 6.46. The Bertz CT molecular complexity index is 802. The predicted molar refractivity (Wildman–Crippen MR) is 117 cm³/mol. The summed E-state index contributed by atoms with van der Waals surface area (Å²) in [6.45, 7) is 9.21. The van der Waals surface area contributed by atoms with E-state index in [0.717, 1.165) is 5.52 Å². The number of aromatic nitrogens is 1. The summed E-state index contributed by atoms with van der Waals surface area (Å²) in [4.78, 5) is 15.8. The lowest BCUT2D eigenvalue weighted by molar-refractivity contribution is 0.0526. The Hall–Kier alpha value is -1.77. The summed E-state index contributed by atoms with van der Waals surface area (Å²) in [5, 5.41) is 1.30. The van der Waals surface area contributed by atoms with Crippen molar-refractivity contribution >= 4 is 16.9 Å². The van der Waals surface area contributed by atoms with Crippen LogP contribution in [0.25, 0.3) is 10.9 Å². The molecule has 0 saturated carbocycles. The topological polar surface area (TPSA) is 42.1 Å². The third kappa shape index (κ3) is 4.45. The van der Waals surface area contributed by atoms with Gasteiger partial charge in [0.25, 0.3) is 0 Å². The molecule has 1 aliphatic rings. The van der Waals surface area contributed by atoms with Crippen LogP contribution in [0.1, 0.15) is 113 Å². The van der Waals surface area contributed by atoms with Gasteiger partial charge in [-0.05, 0) is 49.8 Å². The van der Waals surface area contributed by atoms with Crippen LogP contribution in [0.2, 0.25) is 0 Å². The van der Waals surface area contributed by atoms with Crippen molar-refractivity contribution in [2.75, 3.05) is 6.61 Å². The Morgan fingerprint density at radius 2 is 1.89 bits per heavy atom. The number of H-pyrrole nitrogens is 1. The van der Waals surface area contributed by atoms with Gasteiger partial charge in [0.1, 0.15) is 0 Å². The first-order valence-electron chi connectivity index (χ1n) is 11.3. The maximum Gasteiger partial charge on any atom is 0.338 e. The van der Waals surface area contributed by atoms with Gasteiger partial charge in [0.2, 0.25) is 0 Å². The minimum Gasteiger partial charge on any atom is -0.462 e. The molecule has 0 bridgehead atoms. The van der Waals surface area contributed by atoms with Gasteiger partial charge in [0.05, 0.1) is 12.2 Å². The van der Waals surface area contributed by atoms with E-state index in [1.807, 2.05) is 19.1 Å². The number of rotatable bonds is 9. The standard InChI is InChI=1S/C25H37NO2/c1-5-7-8-9-10-11-12-18-15-16-25(3,4)23-22(18)20-14-13-19(17-21(20)26-23)24(27)28-6-2/h13-14,17-18,26H,5-12,15-16H2,1-4H3. The lowest BCUT2D eigenvalue weighted by atomic mass is 9.70. The summed E-state index contributed by atoms with van der Waals surface area (Å²) < 4.78 is 5.18. The van der Waals surface area contributed by atoms with E-state index >= 15 is 0 Å². The molecule has 1 heterocycles. The molecule has 0 fully saturated rings. The predicted octanol–water partition coefficient (Wildman–Crippen LogP) is 7.25. The molecule has 28 heavy (non-hydrogen) atoms. The zero-order valence-corrected chi connectivity index (χ0v) is 18.2. The van der Waals surface area contributed by atoms with Crippen molar-refractivity contribution in [2.45, 2.75) is 96.8 Å². The number of ether oxygens (including phenoxy) is 1. The second kappa shape index (κ2) is 9.15. The van der Waals surface area contributed by atoms with Crippen LogP contribution >= 0.6 is 0 Å². The maximum absolute atomic E-state index is 12.1. The van der Waals surface area contributed by atoms with Gasteiger partial charge in [-0.25, -0.2) is 4.79 Å². The van der Waals surface area contributed by atoms with E-state index in [0.29, 0.717) is 18.1 Å². The summed E-state index contributed by atoms with van der Waals surface area (Å²) >= 11 is 0. The first kappa shape index (κ1) is 21.0. The van der Waals surface area contributed by atoms with Crippen LogP contribution in [0, 0.1) is 0 Å². The largest absolute Gasteiger partial charge is 0.462 e. The Morgan fingerprint density at radius 3 is 2.64 bits per heavy atom. The maximum atomic E-state index is 12.1. The van der Waals surface area contributed by atoms with Gasteiger partial charge in [0, 0.05) is 22.0 Å². The van der Waals surface area contributed by atoms with Crippen LogP contribution < -0.4 is 0 Å². The van der Waals surface area contributed by atoms with E-state index in [1.54, 1.807) is 0 Å². The van der Waals surface area contributed by atoms with Gasteiger partial charge in [-0.15, -0.1) is 0 Å². The number of carbonyl (C=O) groups is 1. The Kier molecular flexibility index (Phi) is 6.85. The number of unbranched alkanes of at least 4 members (excludes halogenated alkanes) is 5. The molecular weight excluding hydrogens is 346 g/mol. The summed E-state index contributed by atoms with van der Waals surface area (Å²) in [5.41, 5.74) is 4.77. The van der Waals surface area contributed by atoms with E-state index in [9.17, 15) is 4.79 Å². The zero-order chi connectivity index (χ0) is 20.1. The molecule has 1 atom stereocenters. The number of hydrogen-bond acceptors (Lipinski definition) is 2. The van der Waals surface area contributed by atoms with Crippen LogP contribution in [0.15, 0.2) is 18.2 Å². The number of fused-ring (bicyclic) bond motifs is 3. The summed E-state index contributed by atoms with van der Waals surface area (Å²) in [5.74, 6) is 0.399. The minimum absolute atomic E-state index is 0.163. The highest BCUT2D eigenvalue weighted by Gasteiger charge is 2.35. The van der Waals surface area contributed by atoms with Crippen LogP contribution in [0.3, 0.4) is 0 Å². The van der Waals surface area contributed by atoms with Crippen LogP contribution in [-0.4, -0.2) is 17.6 Å². The number of benzene rings is 1. The quantitative estimate of drug-likeness (QED) is 0.366. The van der Waals surface area contributed by atoms with Crippen molar-refractivity contribution in [3.8, 4) is 0 Å². The molecule has 1 aromatic carbocycles. The molecule has 0 saturated heterocycles. The minimum atomic E-state index is -0.236. The SMILES string of the molecule is CCCCCCCCC1CCC(C)(C)c2[nH]c3cc(C(=O)OCC)ccc3c21. The van der Waals surface area contributed by atoms with Crippen molar-refractivity contribution in [3.63, 3.8) is 0 Å². The lowest BCUT2D eigenvalue weighted by Crippen LogP contribution is -2.26. The summed E-state index contributed by atoms with van der Waals surface area (Å²) in [6.07, 6.45) is 11.9. The fourth-order valence-electron chi connectivity index (χ4n) is 4.78. The molecular formula is C25H37NO2. The highest BCUT2D eigenvalue weighted by molar-refractivity contribution is 5.96. The second-order valence-electron chi connectivity index (χ2n) is 9.07. The van der Waals surface area contributed by atoms with Crippen molar-refractivity contribution < 1.29 is 9.53 Å². The van der Waals surface area contributed by atoms with E-state index in [2.05, 4.69) is 31.8 Å². The Labute approximate surface area is 170 Å². The molecule has 0 spiro atoms. The molecule has 1 N–H and O–H groups in total. The van der Waals surface area contributed by atoms with Gasteiger partial charge in [-0.3, -0.25) is 0 Å². The first-order valence-corrected chi connectivity index (χ1v) is 11.3. The molecule has 0 aliphatic heterocycles. The molecule has 0 radical (unpaired) electrons. The second-order valence-corrected chi connectivity index (χ2v) is 9.07. The summed E-state index contributed by atoms with van der Waals surface area (Å²) in [6, 6.07) is 6.04. The Balaban J connectivity index is 1.82. The number of esters is 1. The van der Waals surface area contributed by atoms with E-state index in [-0.39, 0.29) is 11.4 Å². The van der Waals surface area contributed by atoms with Gasteiger partial charge < -0.3 is 9.72 Å². The Morgan fingerprint density at radius 1 is 1.14 bits per heavy atom. The normalized spacial score (nSPS) is 18.2. The molecule has 1 aromatic heterocycles. The number of carbonyl (C=O) groups excluding carboxylic acids is 1. The highest BCUT2D eigenvalue weighted by Crippen LogP contribution is 2.47. The molecule has 1 aliphatic carbocycles.